The van der Waals surface area contributed by atoms with E-state index in [0.29, 0.717) is 11.0 Å². The lowest BCUT2D eigenvalue weighted by atomic mass is 10.1. The number of rotatable bonds is 10. The number of likely N-dealkylation sites (N-methyl/N-ethyl adjacent to an activating group) is 1. The number of hydrogen-bond acceptors (Lipinski definition) is 4. The smallest absolute Gasteiger partial charge is 0.305 e. The van der Waals surface area contributed by atoms with Crippen molar-refractivity contribution in [1.29, 1.82) is 0 Å². The lowest BCUT2D eigenvalue weighted by Gasteiger charge is -2.28. The number of aryl methyl sites for hydroxylation is 2. The summed E-state index contributed by atoms with van der Waals surface area (Å²) < 4.78 is 28.7. The molecule has 0 spiro atoms. The molecule has 148 valence electrons. The average Bonchev–Trinajstić information content (AvgIpc) is 3.01. The van der Waals surface area contributed by atoms with Gasteiger partial charge in [0.1, 0.15) is 4.21 Å². The van der Waals surface area contributed by atoms with Crippen molar-refractivity contribution in [3.05, 3.63) is 52.9 Å². The minimum atomic E-state index is -3.74. The Morgan fingerprint density at radius 2 is 1.78 bits per heavy atom. The summed E-state index contributed by atoms with van der Waals surface area (Å²) in [5.41, 5.74) is 1.21. The van der Waals surface area contributed by atoms with Crippen molar-refractivity contribution < 1.29 is 22.8 Å². The summed E-state index contributed by atoms with van der Waals surface area (Å²) in [5, 5.41) is 9.09. The Balaban J connectivity index is 2.06. The maximum atomic E-state index is 12.7. The number of carboxylic acids is 1. The fraction of sp³-hybridized carbons (Fsp3) is 0.421. The van der Waals surface area contributed by atoms with E-state index in [2.05, 4.69) is 4.72 Å². The number of aliphatic carboxylic acids is 1. The summed E-state index contributed by atoms with van der Waals surface area (Å²) in [7, 11) is 1.95. The van der Waals surface area contributed by atoms with Crippen LogP contribution >= 0.6 is 11.3 Å². The average molecular weight is 412 g/mol. The first-order valence-electron chi connectivity index (χ1n) is 8.72. The highest BCUT2D eigenvalue weighted by molar-refractivity contribution is 7.91. The molecular weight excluding hydrogens is 384 g/mol. The molecule has 27 heavy (non-hydrogen) atoms. The maximum absolute atomic E-state index is 12.7. The number of sulfonamides is 1. The van der Waals surface area contributed by atoms with Gasteiger partial charge in [-0.05, 0) is 30.5 Å². The zero-order chi connectivity index (χ0) is 20.1. The van der Waals surface area contributed by atoms with Crippen molar-refractivity contribution in [2.45, 2.75) is 29.5 Å². The number of nitrogens with one attached hydrogen (secondary N) is 1. The van der Waals surface area contributed by atoms with Crippen LogP contribution in [0.1, 0.15) is 16.9 Å². The Labute approximate surface area is 165 Å². The molecule has 0 aliphatic carbocycles. The highest BCUT2D eigenvalue weighted by atomic mass is 32.2. The van der Waals surface area contributed by atoms with Gasteiger partial charge in [0, 0.05) is 4.88 Å². The molecule has 2 aromatic rings. The number of benzene rings is 1. The number of hydrogen-bond donors (Lipinski definition) is 2. The molecule has 0 saturated carbocycles. The minimum Gasteiger partial charge on any atom is -0.481 e. The van der Waals surface area contributed by atoms with Gasteiger partial charge in [-0.25, -0.2) is 13.1 Å². The van der Waals surface area contributed by atoms with E-state index in [-0.39, 0.29) is 10.6 Å². The van der Waals surface area contributed by atoms with E-state index in [1.807, 2.05) is 57.5 Å². The molecule has 6 nitrogen and oxygen atoms in total. The van der Waals surface area contributed by atoms with Crippen LogP contribution in [0.15, 0.2) is 46.7 Å². The van der Waals surface area contributed by atoms with Crippen molar-refractivity contribution in [3.63, 3.8) is 0 Å². The van der Waals surface area contributed by atoms with E-state index in [1.54, 1.807) is 6.07 Å². The second-order valence-electron chi connectivity index (χ2n) is 7.60. The van der Waals surface area contributed by atoms with E-state index >= 15 is 0 Å². The Hall–Kier alpha value is -1.74. The molecule has 1 heterocycles. The van der Waals surface area contributed by atoms with Gasteiger partial charge in [-0.2, -0.15) is 0 Å². The van der Waals surface area contributed by atoms with Gasteiger partial charge >= 0.3 is 5.97 Å². The lowest BCUT2D eigenvalue weighted by molar-refractivity contribution is -0.871. The van der Waals surface area contributed by atoms with Gasteiger partial charge < -0.3 is 9.59 Å². The first kappa shape index (κ1) is 21.6. The van der Waals surface area contributed by atoms with Crippen LogP contribution in [0.3, 0.4) is 0 Å². The van der Waals surface area contributed by atoms with E-state index in [4.69, 9.17) is 5.11 Å². The number of carboxylic acid groups (broad SMARTS) is 1. The van der Waals surface area contributed by atoms with Crippen LogP contribution in [-0.2, 0) is 27.7 Å². The van der Waals surface area contributed by atoms with Crippen LogP contribution in [0.4, 0.5) is 0 Å². The second-order valence-corrected chi connectivity index (χ2v) is 10.7. The third kappa shape index (κ3) is 7.42. The predicted molar refractivity (Wildman–Crippen MR) is 107 cm³/mol. The van der Waals surface area contributed by atoms with Gasteiger partial charge in [-0.3, -0.25) is 4.79 Å². The lowest BCUT2D eigenvalue weighted by Crippen LogP contribution is -2.49. The molecule has 8 heteroatoms. The highest BCUT2D eigenvalue weighted by Crippen LogP contribution is 2.23. The summed E-state index contributed by atoms with van der Waals surface area (Å²) in [6, 6.07) is 12.8. The Bertz CT molecular complexity index is 855. The molecule has 0 saturated heterocycles. The summed E-state index contributed by atoms with van der Waals surface area (Å²) in [6.07, 6.45) is 1.36. The Morgan fingerprint density at radius 3 is 2.37 bits per heavy atom. The summed E-state index contributed by atoms with van der Waals surface area (Å²) in [4.78, 5) is 12.1. The predicted octanol–water partition coefficient (Wildman–Crippen LogP) is 2.36. The third-order valence-electron chi connectivity index (χ3n) is 3.92. The summed E-state index contributed by atoms with van der Waals surface area (Å²) >= 11 is 1.23. The molecule has 1 aromatic heterocycles. The number of quaternary nitrogens is 1. The van der Waals surface area contributed by atoms with Gasteiger partial charge in [-0.1, -0.05) is 30.3 Å². The molecule has 0 amide bonds. The monoisotopic (exact) mass is 411 g/mol. The molecule has 0 radical (unpaired) electrons. The van der Waals surface area contributed by atoms with Crippen LogP contribution < -0.4 is 4.72 Å². The van der Waals surface area contributed by atoms with Crippen molar-refractivity contribution in [2.24, 2.45) is 0 Å². The molecule has 2 rings (SSSR count). The molecule has 0 aliphatic heterocycles. The zero-order valence-electron chi connectivity index (χ0n) is 15.9. The number of nitrogens with zero attached hydrogens (tertiary/aromatic N) is 1. The zero-order valence-corrected chi connectivity index (χ0v) is 17.5. The van der Waals surface area contributed by atoms with Gasteiger partial charge in [0.15, 0.2) is 0 Å². The molecule has 0 bridgehead atoms. The largest absolute Gasteiger partial charge is 0.481 e. The van der Waals surface area contributed by atoms with E-state index < -0.39 is 22.0 Å². The van der Waals surface area contributed by atoms with Crippen molar-refractivity contribution in [3.8, 4) is 0 Å². The first-order valence-corrected chi connectivity index (χ1v) is 11.0. The van der Waals surface area contributed by atoms with Gasteiger partial charge in [0.25, 0.3) is 10.0 Å². The fourth-order valence-corrected chi connectivity index (χ4v) is 5.44. The van der Waals surface area contributed by atoms with Gasteiger partial charge in [0.05, 0.1) is 40.2 Å². The molecular formula is C19H27N2O4S2+. The van der Waals surface area contributed by atoms with Crippen molar-refractivity contribution in [2.75, 3.05) is 27.7 Å². The minimum absolute atomic E-state index is 0.224. The van der Waals surface area contributed by atoms with Crippen LogP contribution in [0.5, 0.6) is 0 Å². The highest BCUT2D eigenvalue weighted by Gasteiger charge is 2.27. The first-order chi connectivity index (χ1) is 12.5. The van der Waals surface area contributed by atoms with Crippen LogP contribution in [0.2, 0.25) is 0 Å². The Kier molecular flexibility index (Phi) is 7.16. The topological polar surface area (TPSA) is 83.5 Å². The van der Waals surface area contributed by atoms with E-state index in [0.717, 1.165) is 17.7 Å². The number of carbonyl (C=O) groups is 1. The molecule has 0 unspecified atom stereocenters. The van der Waals surface area contributed by atoms with Crippen LogP contribution in [0.25, 0.3) is 0 Å². The summed E-state index contributed by atoms with van der Waals surface area (Å²) in [6.45, 7) is 0.387. The SMILES string of the molecule is C[N+](C)(C)C[C@@H](CC(=O)O)NS(=O)(=O)c1ccc(CCc2ccccc2)s1. The third-order valence-corrected chi connectivity index (χ3v) is 7.07. The fourth-order valence-electron chi connectivity index (χ4n) is 2.84. The maximum Gasteiger partial charge on any atom is 0.305 e. The van der Waals surface area contributed by atoms with Gasteiger partial charge in [-0.15, -0.1) is 11.3 Å². The van der Waals surface area contributed by atoms with E-state index in [9.17, 15) is 13.2 Å². The molecule has 0 fully saturated rings. The normalized spacial score (nSPS) is 13.4. The molecule has 2 N–H and O–H groups in total. The second kappa shape index (κ2) is 8.97. The molecule has 1 aromatic carbocycles. The van der Waals surface area contributed by atoms with Crippen molar-refractivity contribution in [1.82, 2.24) is 4.72 Å². The molecule has 1 atom stereocenters. The number of thiophene rings is 1. The molecule has 0 aliphatic rings. The quantitative estimate of drug-likeness (QED) is 0.588. The Morgan fingerprint density at radius 1 is 1.11 bits per heavy atom. The van der Waals surface area contributed by atoms with Crippen molar-refractivity contribution >= 4 is 27.3 Å². The van der Waals surface area contributed by atoms with Crippen LogP contribution in [0, 0.1) is 0 Å². The standard InChI is InChI=1S/C19H26N2O4S2/c1-21(2,3)14-16(13-18(22)23)20-27(24,25)19-12-11-17(26-19)10-9-15-7-5-4-6-8-15/h4-8,11-12,16,20H,9-10,13-14H2,1-3H3/p+1/t16-/m1/s1. The van der Waals surface area contributed by atoms with Crippen LogP contribution in [-0.4, -0.2) is 57.7 Å². The van der Waals surface area contributed by atoms with E-state index in [1.165, 1.54) is 16.9 Å². The van der Waals surface area contributed by atoms with Gasteiger partial charge in [0.2, 0.25) is 0 Å². The summed E-state index contributed by atoms with van der Waals surface area (Å²) in [5.74, 6) is -1.02.